The minimum absolute atomic E-state index is 0.0694. The highest BCUT2D eigenvalue weighted by molar-refractivity contribution is 5.77. The molecule has 0 saturated carbocycles. The number of aliphatic hydroxyl groups is 2. The fourth-order valence-corrected chi connectivity index (χ4v) is 8.60. The van der Waals surface area contributed by atoms with Crippen LogP contribution in [0.3, 0.4) is 0 Å². The van der Waals surface area contributed by atoms with Crippen molar-refractivity contribution in [3.63, 3.8) is 0 Å². The number of hydrogen-bond acceptors (Lipinski definition) is 5. The third-order valence-electron chi connectivity index (χ3n) is 12.8. The monoisotopic (exact) mass is 874 g/mol. The number of ether oxygens (including phenoxy) is 1. The summed E-state index contributed by atoms with van der Waals surface area (Å²) in [7, 11) is 0. The van der Waals surface area contributed by atoms with E-state index in [0.29, 0.717) is 19.3 Å². The minimum Gasteiger partial charge on any atom is -0.462 e. The van der Waals surface area contributed by atoms with Gasteiger partial charge in [0.15, 0.2) is 0 Å². The van der Waals surface area contributed by atoms with Crippen molar-refractivity contribution in [2.45, 2.75) is 315 Å². The van der Waals surface area contributed by atoms with Crippen molar-refractivity contribution in [2.75, 3.05) is 6.61 Å². The van der Waals surface area contributed by atoms with Gasteiger partial charge in [-0.3, -0.25) is 9.59 Å². The zero-order valence-electron chi connectivity index (χ0n) is 41.8. The predicted octanol–water partition coefficient (Wildman–Crippen LogP) is 16.7. The van der Waals surface area contributed by atoms with E-state index in [1.54, 1.807) is 0 Å². The van der Waals surface area contributed by atoms with Gasteiger partial charge in [0.1, 0.15) is 6.10 Å². The molecule has 0 aliphatic heterocycles. The smallest absolute Gasteiger partial charge is 0.306 e. The Hall–Kier alpha value is -1.66. The Balaban J connectivity index is 4.49. The normalized spacial score (nSPS) is 13.3. The zero-order chi connectivity index (χ0) is 45.2. The number of allylic oxidation sites excluding steroid dienone is 4. The second-order valence-electron chi connectivity index (χ2n) is 19.0. The highest BCUT2D eigenvalue weighted by Crippen LogP contribution is 2.18. The molecule has 1 amide bonds. The minimum atomic E-state index is -0.788. The first-order valence-corrected chi connectivity index (χ1v) is 27.6. The Labute approximate surface area is 386 Å². The average molecular weight is 874 g/mol. The molecule has 0 radical (unpaired) electrons. The van der Waals surface area contributed by atoms with Gasteiger partial charge in [-0.1, -0.05) is 257 Å². The Kier molecular flexibility index (Phi) is 49.0. The van der Waals surface area contributed by atoms with Crippen molar-refractivity contribution < 1.29 is 24.5 Å². The van der Waals surface area contributed by atoms with E-state index in [4.69, 9.17) is 4.74 Å². The summed E-state index contributed by atoms with van der Waals surface area (Å²) in [6.45, 7) is 6.47. The Morgan fingerprint density at radius 3 is 1.23 bits per heavy atom. The van der Waals surface area contributed by atoms with Crippen LogP contribution in [0.1, 0.15) is 297 Å². The molecule has 0 saturated heterocycles. The van der Waals surface area contributed by atoms with Crippen LogP contribution < -0.4 is 5.32 Å². The number of esters is 1. The molecule has 0 aliphatic rings. The summed E-state index contributed by atoms with van der Waals surface area (Å²) in [5, 5.41) is 23.8. The van der Waals surface area contributed by atoms with Crippen molar-refractivity contribution in [1.82, 2.24) is 5.32 Å². The van der Waals surface area contributed by atoms with Gasteiger partial charge in [-0.2, -0.15) is 0 Å². The Bertz CT molecular complexity index is 981. The van der Waals surface area contributed by atoms with Gasteiger partial charge in [0.05, 0.1) is 25.2 Å². The van der Waals surface area contributed by atoms with Crippen LogP contribution in [0, 0.1) is 0 Å². The Morgan fingerprint density at radius 1 is 0.468 bits per heavy atom. The molecule has 0 heterocycles. The number of hydrogen-bond donors (Lipinski definition) is 3. The third-order valence-corrected chi connectivity index (χ3v) is 12.8. The number of rotatable bonds is 50. The lowest BCUT2D eigenvalue weighted by Crippen LogP contribution is -2.46. The molecule has 0 aromatic heterocycles. The molecule has 0 aromatic rings. The molecule has 6 nitrogen and oxygen atoms in total. The van der Waals surface area contributed by atoms with E-state index in [-0.39, 0.29) is 24.9 Å². The molecule has 3 atom stereocenters. The zero-order valence-corrected chi connectivity index (χ0v) is 41.8. The van der Waals surface area contributed by atoms with Crippen LogP contribution in [-0.4, -0.2) is 46.9 Å². The van der Waals surface area contributed by atoms with Crippen LogP contribution in [0.25, 0.3) is 0 Å². The van der Waals surface area contributed by atoms with Crippen molar-refractivity contribution in [3.05, 3.63) is 24.3 Å². The maximum Gasteiger partial charge on any atom is 0.306 e. The molecule has 3 N–H and O–H groups in total. The van der Waals surface area contributed by atoms with Crippen LogP contribution in [0.15, 0.2) is 24.3 Å². The number of amides is 1. The van der Waals surface area contributed by atoms with E-state index in [0.717, 1.165) is 77.0 Å². The number of carbonyl (C=O) groups excluding carboxylic acids is 2. The highest BCUT2D eigenvalue weighted by Gasteiger charge is 2.24. The molecule has 62 heavy (non-hydrogen) atoms. The van der Waals surface area contributed by atoms with Crippen LogP contribution in [-0.2, 0) is 14.3 Å². The number of carbonyl (C=O) groups is 2. The maximum absolute atomic E-state index is 13.2. The van der Waals surface area contributed by atoms with Crippen molar-refractivity contribution in [3.8, 4) is 0 Å². The fourth-order valence-electron chi connectivity index (χ4n) is 8.60. The summed E-state index contributed by atoms with van der Waals surface area (Å²) in [6.07, 6.45) is 58.2. The van der Waals surface area contributed by atoms with Gasteiger partial charge in [0.25, 0.3) is 0 Å². The number of unbranched alkanes of at least 4 members (excludes halogenated alkanes) is 35. The second-order valence-corrected chi connectivity index (χ2v) is 19.0. The van der Waals surface area contributed by atoms with Gasteiger partial charge >= 0.3 is 5.97 Å². The molecule has 0 bridgehead atoms. The molecule has 0 rings (SSSR count). The van der Waals surface area contributed by atoms with Crippen LogP contribution in [0.2, 0.25) is 0 Å². The lowest BCUT2D eigenvalue weighted by Gasteiger charge is -2.24. The molecular weight excluding hydrogens is 767 g/mol. The second kappa shape index (κ2) is 50.3. The van der Waals surface area contributed by atoms with Gasteiger partial charge in [0.2, 0.25) is 5.91 Å². The lowest BCUT2D eigenvalue weighted by molar-refractivity contribution is -0.151. The van der Waals surface area contributed by atoms with E-state index < -0.39 is 18.2 Å². The first-order chi connectivity index (χ1) is 30.5. The molecule has 0 fully saturated rings. The molecule has 6 heteroatoms. The molecular formula is C56H107NO5. The summed E-state index contributed by atoms with van der Waals surface area (Å²) in [5.74, 6) is -0.478. The molecule has 3 unspecified atom stereocenters. The molecule has 0 spiro atoms. The summed E-state index contributed by atoms with van der Waals surface area (Å²) in [6, 6.07) is -0.703. The topological polar surface area (TPSA) is 95.9 Å². The van der Waals surface area contributed by atoms with Gasteiger partial charge in [0, 0.05) is 6.42 Å². The summed E-state index contributed by atoms with van der Waals surface area (Å²) in [4.78, 5) is 26.2. The van der Waals surface area contributed by atoms with E-state index in [9.17, 15) is 19.8 Å². The van der Waals surface area contributed by atoms with E-state index in [2.05, 4.69) is 50.4 Å². The summed E-state index contributed by atoms with van der Waals surface area (Å²) < 4.78 is 5.94. The summed E-state index contributed by atoms with van der Waals surface area (Å²) in [5.41, 5.74) is 0. The standard InChI is InChI=1S/C56H107NO5/c1-4-7-10-13-16-19-22-24-25-26-27-28-29-31-34-37-40-43-46-49-56(61)62-52(47-44-41-38-35-33-30-23-20-17-14-11-8-5-2)50-55(60)57-53(51-58)54(59)48-45-42-39-36-32-21-18-15-12-9-6-3/h17,20,23,30,52-54,58-59H,4-16,18-19,21-22,24-29,31-51H2,1-3H3,(H,57,60)/b20-17+,30-23+. The van der Waals surface area contributed by atoms with Gasteiger partial charge in [-0.25, -0.2) is 0 Å². The lowest BCUT2D eigenvalue weighted by atomic mass is 10.0. The van der Waals surface area contributed by atoms with Crippen LogP contribution >= 0.6 is 0 Å². The molecule has 366 valence electrons. The van der Waals surface area contributed by atoms with Crippen LogP contribution in [0.5, 0.6) is 0 Å². The van der Waals surface area contributed by atoms with E-state index in [1.807, 2.05) is 0 Å². The highest BCUT2D eigenvalue weighted by atomic mass is 16.5. The van der Waals surface area contributed by atoms with Crippen molar-refractivity contribution >= 4 is 11.9 Å². The van der Waals surface area contributed by atoms with Gasteiger partial charge in [-0.15, -0.1) is 0 Å². The number of aliphatic hydroxyl groups excluding tert-OH is 2. The fraction of sp³-hybridized carbons (Fsp3) is 0.893. The predicted molar refractivity (Wildman–Crippen MR) is 269 cm³/mol. The maximum atomic E-state index is 13.2. The first kappa shape index (κ1) is 60.3. The largest absolute Gasteiger partial charge is 0.462 e. The first-order valence-electron chi connectivity index (χ1n) is 27.6. The van der Waals surface area contributed by atoms with Crippen LogP contribution in [0.4, 0.5) is 0 Å². The SMILES string of the molecule is CCCCC/C=C/C=C/CCCCCCC(CC(=O)NC(CO)C(O)CCCCCCCCCCCCC)OC(=O)CCCCCCCCCCCCCCCCCCCCC. The van der Waals surface area contributed by atoms with Gasteiger partial charge in [-0.05, 0) is 51.4 Å². The van der Waals surface area contributed by atoms with Gasteiger partial charge < -0.3 is 20.3 Å². The van der Waals surface area contributed by atoms with Crippen molar-refractivity contribution in [2.24, 2.45) is 0 Å². The number of nitrogens with one attached hydrogen (secondary N) is 1. The molecule has 0 aliphatic carbocycles. The third kappa shape index (κ3) is 44.9. The van der Waals surface area contributed by atoms with E-state index in [1.165, 1.54) is 173 Å². The Morgan fingerprint density at radius 2 is 0.806 bits per heavy atom. The quantitative estimate of drug-likeness (QED) is 0.0321. The average Bonchev–Trinajstić information content (AvgIpc) is 3.26. The van der Waals surface area contributed by atoms with E-state index >= 15 is 0 Å². The molecule has 0 aromatic carbocycles. The summed E-state index contributed by atoms with van der Waals surface area (Å²) >= 11 is 0. The van der Waals surface area contributed by atoms with Crippen molar-refractivity contribution in [1.29, 1.82) is 0 Å².